The second-order valence-electron chi connectivity index (χ2n) is 9.69. The fourth-order valence-electron chi connectivity index (χ4n) is 4.89. The van der Waals surface area contributed by atoms with Crippen molar-refractivity contribution >= 4 is 28.5 Å². The van der Waals surface area contributed by atoms with Crippen molar-refractivity contribution in [3.05, 3.63) is 135 Å². The van der Waals surface area contributed by atoms with Crippen LogP contribution in [0, 0.1) is 24.1 Å². The number of nitrogens with two attached hydrogens (primary N) is 1. The quantitative estimate of drug-likeness (QED) is 0.163. The lowest BCUT2D eigenvalue weighted by molar-refractivity contribution is 0.0702. The van der Waals surface area contributed by atoms with Crippen molar-refractivity contribution in [1.82, 2.24) is 0 Å². The highest BCUT2D eigenvalue weighted by atomic mass is 35.5. The number of nitrogens with zero attached hydrogens (tertiary/aromatic N) is 1. The van der Waals surface area contributed by atoms with E-state index in [0.29, 0.717) is 33.2 Å². The van der Waals surface area contributed by atoms with E-state index in [1.54, 1.807) is 67.6 Å². The molecular weight excluding hydrogens is 559 g/mol. The summed E-state index contributed by atoms with van der Waals surface area (Å²) in [4.78, 5) is 13.0. The molecule has 9 heteroatoms. The molecule has 0 aliphatic carbocycles. The highest BCUT2D eigenvalue weighted by Crippen LogP contribution is 2.44. The van der Waals surface area contributed by atoms with Crippen LogP contribution in [-0.2, 0) is 6.61 Å². The minimum absolute atomic E-state index is 0.0416. The predicted molar refractivity (Wildman–Crippen MR) is 154 cm³/mol. The molecule has 1 atom stereocenters. The molecule has 2 N–H and O–H groups in total. The third-order valence-electron chi connectivity index (χ3n) is 7.02. The fourth-order valence-corrected chi connectivity index (χ4v) is 5.06. The lowest BCUT2D eigenvalue weighted by Gasteiger charge is -2.26. The molecule has 7 nitrogen and oxygen atoms in total. The number of furan rings is 1. The Labute approximate surface area is 245 Å². The zero-order chi connectivity index (χ0) is 29.4. The molecule has 2 heterocycles. The summed E-state index contributed by atoms with van der Waals surface area (Å²) in [6.45, 7) is 2.03. The van der Waals surface area contributed by atoms with Gasteiger partial charge in [0.1, 0.15) is 46.9 Å². The molecule has 208 valence electrons. The lowest BCUT2D eigenvalue weighted by atomic mass is 9.83. The molecule has 1 aromatic heterocycles. The molecular formula is C33H22ClFN2O5. The Bertz CT molecular complexity index is 1910. The number of aryl methyl sites for hydroxylation is 1. The van der Waals surface area contributed by atoms with Crippen molar-refractivity contribution in [3.63, 3.8) is 0 Å². The van der Waals surface area contributed by atoms with Crippen molar-refractivity contribution in [2.75, 3.05) is 0 Å². The van der Waals surface area contributed by atoms with Gasteiger partial charge in [-0.3, -0.25) is 0 Å². The number of ether oxygens (including phenoxy) is 3. The summed E-state index contributed by atoms with van der Waals surface area (Å²) in [6.07, 6.45) is 0. The van der Waals surface area contributed by atoms with Gasteiger partial charge >= 0.3 is 5.97 Å². The maximum absolute atomic E-state index is 13.2. The number of rotatable bonds is 6. The van der Waals surface area contributed by atoms with Crippen molar-refractivity contribution < 1.29 is 27.8 Å². The molecule has 0 radical (unpaired) electrons. The number of hydrogen-bond acceptors (Lipinski definition) is 7. The number of halogens is 2. The Hall–Kier alpha value is -5.26. The van der Waals surface area contributed by atoms with Crippen molar-refractivity contribution in [2.45, 2.75) is 19.4 Å². The van der Waals surface area contributed by atoms with Crippen molar-refractivity contribution in [2.24, 2.45) is 5.73 Å². The predicted octanol–water partition coefficient (Wildman–Crippen LogP) is 7.55. The molecule has 5 aromatic rings. The van der Waals surface area contributed by atoms with Crippen LogP contribution >= 0.6 is 11.6 Å². The van der Waals surface area contributed by atoms with E-state index in [1.807, 2.05) is 12.1 Å². The summed E-state index contributed by atoms with van der Waals surface area (Å²) in [5.41, 5.74) is 9.84. The second kappa shape index (κ2) is 11.0. The summed E-state index contributed by atoms with van der Waals surface area (Å²) in [5.74, 6) is -0.299. The number of allylic oxidation sites excluding steroid dienone is 1. The van der Waals surface area contributed by atoms with E-state index in [9.17, 15) is 14.4 Å². The van der Waals surface area contributed by atoms with Gasteiger partial charge in [0.05, 0.1) is 5.92 Å². The average molecular weight is 581 g/mol. The van der Waals surface area contributed by atoms with Crippen LogP contribution in [0.25, 0.3) is 11.0 Å². The number of fused-ring (bicyclic) bond motifs is 2. The van der Waals surface area contributed by atoms with Crippen LogP contribution in [0.5, 0.6) is 17.2 Å². The summed E-state index contributed by atoms with van der Waals surface area (Å²) in [6, 6.07) is 25.5. The van der Waals surface area contributed by atoms with Crippen LogP contribution in [0.4, 0.5) is 4.39 Å². The molecule has 0 fully saturated rings. The van der Waals surface area contributed by atoms with E-state index in [0.717, 1.165) is 16.5 Å². The molecule has 1 aliphatic heterocycles. The van der Waals surface area contributed by atoms with Crippen LogP contribution in [0.1, 0.15) is 38.7 Å². The molecule has 0 bridgehead atoms. The number of hydrogen-bond donors (Lipinski definition) is 1. The van der Waals surface area contributed by atoms with Gasteiger partial charge in [-0.05, 0) is 66.6 Å². The lowest BCUT2D eigenvalue weighted by Crippen LogP contribution is -2.21. The van der Waals surface area contributed by atoms with Gasteiger partial charge in [-0.2, -0.15) is 5.26 Å². The van der Waals surface area contributed by atoms with Gasteiger partial charge in [0, 0.05) is 27.6 Å². The summed E-state index contributed by atoms with van der Waals surface area (Å²) >= 11 is 6.09. The van der Waals surface area contributed by atoms with Gasteiger partial charge in [0.2, 0.25) is 11.6 Å². The first-order valence-electron chi connectivity index (χ1n) is 12.9. The van der Waals surface area contributed by atoms with Gasteiger partial charge in [-0.25, -0.2) is 9.18 Å². The average Bonchev–Trinajstić information content (AvgIpc) is 3.32. The van der Waals surface area contributed by atoms with Crippen LogP contribution in [0.3, 0.4) is 0 Å². The van der Waals surface area contributed by atoms with Gasteiger partial charge < -0.3 is 24.4 Å². The number of carbonyl (C=O) groups is 1. The largest absolute Gasteiger partial charge is 0.489 e. The van der Waals surface area contributed by atoms with E-state index in [1.165, 1.54) is 12.1 Å². The number of esters is 1. The Morgan fingerprint density at radius 1 is 1.02 bits per heavy atom. The van der Waals surface area contributed by atoms with Crippen molar-refractivity contribution in [3.8, 4) is 23.3 Å². The van der Waals surface area contributed by atoms with Gasteiger partial charge in [-0.1, -0.05) is 41.9 Å². The van der Waals surface area contributed by atoms with E-state index < -0.39 is 11.9 Å². The van der Waals surface area contributed by atoms with Crippen molar-refractivity contribution in [1.29, 1.82) is 5.26 Å². The highest BCUT2D eigenvalue weighted by molar-refractivity contribution is 6.31. The third kappa shape index (κ3) is 5.14. The standard InChI is InChI=1S/C33H22ClFN2O5/c1-18-26-14-21(34)6-13-28(26)41-31(18)33(38)40-24-11-12-25-29(15-24)42-32(37)27(16-36)30(25)20-4-9-23(10-5-20)39-17-19-2-7-22(35)8-3-19/h2-15,30H,17,37H2,1H3. The number of benzene rings is 4. The van der Waals surface area contributed by atoms with Crippen LogP contribution < -0.4 is 19.9 Å². The smallest absolute Gasteiger partial charge is 0.379 e. The molecule has 4 aromatic carbocycles. The first-order chi connectivity index (χ1) is 20.3. The normalized spacial score (nSPS) is 14.2. The fraction of sp³-hybridized carbons (Fsp3) is 0.0909. The maximum atomic E-state index is 13.2. The molecule has 0 amide bonds. The SMILES string of the molecule is Cc1c(C(=O)Oc2ccc3c(c2)OC(N)=C(C#N)C3c2ccc(OCc3ccc(F)cc3)cc2)oc2ccc(Cl)cc12. The maximum Gasteiger partial charge on any atom is 0.379 e. The number of carbonyl (C=O) groups excluding carboxylic acids is 1. The summed E-state index contributed by atoms with van der Waals surface area (Å²) in [7, 11) is 0. The molecule has 0 saturated carbocycles. The topological polar surface area (TPSA) is 108 Å². The van der Waals surface area contributed by atoms with Crippen LogP contribution in [0.15, 0.2) is 101 Å². The Kier molecular flexibility index (Phi) is 7.03. The number of nitriles is 1. The second-order valence-corrected chi connectivity index (χ2v) is 10.1. The van der Waals surface area contributed by atoms with E-state index in [-0.39, 0.29) is 35.4 Å². The first-order valence-corrected chi connectivity index (χ1v) is 13.3. The molecule has 6 rings (SSSR count). The minimum atomic E-state index is -0.676. The summed E-state index contributed by atoms with van der Waals surface area (Å²) in [5, 5.41) is 11.2. The Morgan fingerprint density at radius 2 is 1.76 bits per heavy atom. The molecule has 0 saturated heterocycles. The zero-order valence-corrected chi connectivity index (χ0v) is 22.9. The van der Waals surface area contributed by atoms with Gasteiger partial charge in [-0.15, -0.1) is 0 Å². The molecule has 42 heavy (non-hydrogen) atoms. The minimum Gasteiger partial charge on any atom is -0.489 e. The first kappa shape index (κ1) is 26.9. The Balaban J connectivity index is 1.24. The molecule has 1 aliphatic rings. The van der Waals surface area contributed by atoms with Gasteiger partial charge in [0.25, 0.3) is 0 Å². The van der Waals surface area contributed by atoms with Gasteiger partial charge in [0.15, 0.2) is 0 Å². The monoisotopic (exact) mass is 580 g/mol. The summed E-state index contributed by atoms with van der Waals surface area (Å²) < 4.78 is 36.1. The van der Waals surface area contributed by atoms with Crippen LogP contribution in [0.2, 0.25) is 5.02 Å². The highest BCUT2D eigenvalue weighted by Gasteiger charge is 2.31. The van der Waals surface area contributed by atoms with E-state index in [2.05, 4.69) is 6.07 Å². The zero-order valence-electron chi connectivity index (χ0n) is 22.2. The van der Waals surface area contributed by atoms with E-state index in [4.69, 9.17) is 36.0 Å². The third-order valence-corrected chi connectivity index (χ3v) is 7.25. The molecule has 1 unspecified atom stereocenters. The van der Waals surface area contributed by atoms with E-state index >= 15 is 0 Å². The Morgan fingerprint density at radius 3 is 2.50 bits per heavy atom. The molecule has 0 spiro atoms. The van der Waals surface area contributed by atoms with Crippen LogP contribution in [-0.4, -0.2) is 5.97 Å².